The minimum absolute atomic E-state index is 0.344. The Hall–Kier alpha value is -1.95. The Labute approximate surface area is 122 Å². The molecule has 0 bridgehead atoms. The molecule has 0 aromatic carbocycles. The molecule has 0 atom stereocenters. The molecule has 0 radical (unpaired) electrons. The van der Waals surface area contributed by atoms with Crippen molar-refractivity contribution < 1.29 is 9.53 Å². The number of hydrogen-bond acceptors (Lipinski definition) is 6. The number of pyridine rings is 1. The first-order chi connectivity index (χ1) is 9.74. The molecule has 6 heteroatoms. The maximum absolute atomic E-state index is 11.5. The van der Waals surface area contributed by atoms with E-state index in [1.807, 2.05) is 6.07 Å². The summed E-state index contributed by atoms with van der Waals surface area (Å²) in [5.41, 5.74) is 2.56. The van der Waals surface area contributed by atoms with E-state index in [9.17, 15) is 4.79 Å². The highest BCUT2D eigenvalue weighted by atomic mass is 32.1. The van der Waals surface area contributed by atoms with E-state index in [2.05, 4.69) is 28.3 Å². The van der Waals surface area contributed by atoms with Gasteiger partial charge >= 0.3 is 5.97 Å². The standard InChI is InChI=1S/C14H17N3O2S/c1-3-10-6-5-7-15-11(10)8-16-14-17-12(9-20-14)13(18)19-4-2/h5-7,9H,3-4,8H2,1-2H3,(H,16,17). The third-order valence-electron chi connectivity index (χ3n) is 2.76. The number of carbonyl (C=O) groups excluding carboxylic acids is 1. The molecule has 2 aromatic heterocycles. The monoisotopic (exact) mass is 291 g/mol. The van der Waals surface area contributed by atoms with Crippen LogP contribution in [-0.2, 0) is 17.7 Å². The normalized spacial score (nSPS) is 10.3. The van der Waals surface area contributed by atoms with E-state index in [-0.39, 0.29) is 5.97 Å². The molecule has 0 unspecified atom stereocenters. The Morgan fingerprint density at radius 2 is 2.30 bits per heavy atom. The predicted octanol–water partition coefficient (Wildman–Crippen LogP) is 2.89. The van der Waals surface area contributed by atoms with Crippen LogP contribution in [0.15, 0.2) is 23.7 Å². The Kier molecular flexibility index (Phi) is 5.06. The molecular formula is C14H17N3O2S. The summed E-state index contributed by atoms with van der Waals surface area (Å²) in [6, 6.07) is 4.00. The number of thiazole rings is 1. The summed E-state index contributed by atoms with van der Waals surface area (Å²) < 4.78 is 4.91. The van der Waals surface area contributed by atoms with Gasteiger partial charge in [-0.25, -0.2) is 9.78 Å². The fourth-order valence-electron chi connectivity index (χ4n) is 1.77. The van der Waals surface area contributed by atoms with Crippen LogP contribution in [-0.4, -0.2) is 22.5 Å². The summed E-state index contributed by atoms with van der Waals surface area (Å²) in [5, 5.41) is 5.58. The van der Waals surface area contributed by atoms with Crippen molar-refractivity contribution in [3.63, 3.8) is 0 Å². The summed E-state index contributed by atoms with van der Waals surface area (Å²) in [6.45, 7) is 4.83. The van der Waals surface area contributed by atoms with Gasteiger partial charge in [0.2, 0.25) is 0 Å². The number of aryl methyl sites for hydroxylation is 1. The Morgan fingerprint density at radius 1 is 1.45 bits per heavy atom. The maximum atomic E-state index is 11.5. The molecule has 0 fully saturated rings. The van der Waals surface area contributed by atoms with Crippen LogP contribution in [0.5, 0.6) is 0 Å². The zero-order valence-corrected chi connectivity index (χ0v) is 12.4. The van der Waals surface area contributed by atoms with Crippen molar-refractivity contribution in [2.75, 3.05) is 11.9 Å². The van der Waals surface area contributed by atoms with E-state index in [4.69, 9.17) is 4.74 Å². The maximum Gasteiger partial charge on any atom is 0.357 e. The van der Waals surface area contributed by atoms with Crippen LogP contribution in [0.1, 0.15) is 35.6 Å². The Balaban J connectivity index is 1.99. The van der Waals surface area contributed by atoms with Crippen LogP contribution in [0, 0.1) is 0 Å². The van der Waals surface area contributed by atoms with Gasteiger partial charge in [-0.05, 0) is 25.0 Å². The number of nitrogens with one attached hydrogen (secondary N) is 1. The van der Waals surface area contributed by atoms with E-state index in [0.29, 0.717) is 24.0 Å². The van der Waals surface area contributed by atoms with Crippen LogP contribution in [0.3, 0.4) is 0 Å². The zero-order valence-electron chi connectivity index (χ0n) is 11.5. The van der Waals surface area contributed by atoms with Crippen LogP contribution in [0.4, 0.5) is 5.13 Å². The fraction of sp³-hybridized carbons (Fsp3) is 0.357. The number of esters is 1. The highest BCUT2D eigenvalue weighted by molar-refractivity contribution is 7.13. The molecule has 0 aliphatic heterocycles. The van der Waals surface area contributed by atoms with Gasteiger partial charge in [0.25, 0.3) is 0 Å². The summed E-state index contributed by atoms with van der Waals surface area (Å²) in [6.07, 6.45) is 2.72. The molecule has 2 aromatic rings. The number of ether oxygens (including phenoxy) is 1. The highest BCUT2D eigenvalue weighted by Gasteiger charge is 2.11. The number of aromatic nitrogens is 2. The second kappa shape index (κ2) is 7.00. The van der Waals surface area contributed by atoms with Gasteiger partial charge < -0.3 is 10.1 Å². The van der Waals surface area contributed by atoms with Gasteiger partial charge in [0.15, 0.2) is 10.8 Å². The molecular weight excluding hydrogens is 274 g/mol. The van der Waals surface area contributed by atoms with Gasteiger partial charge in [-0.1, -0.05) is 13.0 Å². The number of nitrogens with zero attached hydrogens (tertiary/aromatic N) is 2. The number of anilines is 1. The van der Waals surface area contributed by atoms with Crippen molar-refractivity contribution in [3.05, 3.63) is 40.7 Å². The van der Waals surface area contributed by atoms with Gasteiger partial charge in [-0.15, -0.1) is 11.3 Å². The molecule has 0 saturated heterocycles. The predicted molar refractivity (Wildman–Crippen MR) is 79.0 cm³/mol. The van der Waals surface area contributed by atoms with Crippen molar-refractivity contribution in [2.45, 2.75) is 26.8 Å². The SMILES string of the molecule is CCOC(=O)c1csc(NCc2ncccc2CC)n1. The van der Waals surface area contributed by atoms with Gasteiger partial charge in [0, 0.05) is 11.6 Å². The van der Waals surface area contributed by atoms with E-state index in [1.165, 1.54) is 16.9 Å². The molecule has 20 heavy (non-hydrogen) atoms. The molecule has 5 nitrogen and oxygen atoms in total. The summed E-state index contributed by atoms with van der Waals surface area (Å²) >= 11 is 1.39. The minimum Gasteiger partial charge on any atom is -0.461 e. The van der Waals surface area contributed by atoms with E-state index >= 15 is 0 Å². The molecule has 0 saturated carbocycles. The van der Waals surface area contributed by atoms with Gasteiger partial charge in [0.05, 0.1) is 18.8 Å². The summed E-state index contributed by atoms with van der Waals surface area (Å²) in [7, 11) is 0. The molecule has 1 N–H and O–H groups in total. The first kappa shape index (κ1) is 14.5. The highest BCUT2D eigenvalue weighted by Crippen LogP contribution is 2.17. The zero-order chi connectivity index (χ0) is 14.4. The minimum atomic E-state index is -0.385. The molecule has 0 amide bonds. The van der Waals surface area contributed by atoms with Gasteiger partial charge in [-0.2, -0.15) is 0 Å². The Bertz CT molecular complexity index is 583. The first-order valence-corrected chi connectivity index (χ1v) is 7.41. The summed E-state index contributed by atoms with van der Waals surface area (Å²) in [5.74, 6) is -0.385. The molecule has 2 rings (SSSR count). The topological polar surface area (TPSA) is 64.1 Å². The van der Waals surface area contributed by atoms with Crippen molar-refractivity contribution in [3.8, 4) is 0 Å². The van der Waals surface area contributed by atoms with Gasteiger partial charge in [-0.3, -0.25) is 4.98 Å². The number of hydrogen-bond donors (Lipinski definition) is 1. The number of carbonyl (C=O) groups is 1. The van der Waals surface area contributed by atoms with E-state index < -0.39 is 0 Å². The quantitative estimate of drug-likeness (QED) is 0.829. The lowest BCUT2D eigenvalue weighted by atomic mass is 10.1. The van der Waals surface area contributed by atoms with Crippen molar-refractivity contribution in [1.29, 1.82) is 0 Å². The molecule has 0 aliphatic carbocycles. The summed E-state index contributed by atoms with van der Waals surface area (Å²) in [4.78, 5) is 20.1. The van der Waals surface area contributed by atoms with E-state index in [0.717, 1.165) is 12.1 Å². The molecule has 106 valence electrons. The smallest absolute Gasteiger partial charge is 0.357 e. The lowest BCUT2D eigenvalue weighted by molar-refractivity contribution is 0.0520. The van der Waals surface area contributed by atoms with Crippen LogP contribution >= 0.6 is 11.3 Å². The second-order valence-electron chi connectivity index (χ2n) is 4.07. The molecule has 2 heterocycles. The largest absolute Gasteiger partial charge is 0.461 e. The Morgan fingerprint density at radius 3 is 3.05 bits per heavy atom. The molecule has 0 spiro atoms. The fourth-order valence-corrected chi connectivity index (χ4v) is 2.44. The second-order valence-corrected chi connectivity index (χ2v) is 4.93. The third-order valence-corrected chi connectivity index (χ3v) is 3.56. The average molecular weight is 291 g/mol. The lowest BCUT2D eigenvalue weighted by Crippen LogP contribution is -2.07. The lowest BCUT2D eigenvalue weighted by Gasteiger charge is -2.06. The van der Waals surface area contributed by atoms with Crippen molar-refractivity contribution in [2.24, 2.45) is 0 Å². The van der Waals surface area contributed by atoms with Crippen molar-refractivity contribution >= 4 is 22.4 Å². The van der Waals surface area contributed by atoms with Crippen LogP contribution in [0.2, 0.25) is 0 Å². The van der Waals surface area contributed by atoms with Crippen LogP contribution in [0.25, 0.3) is 0 Å². The average Bonchev–Trinajstić information content (AvgIpc) is 2.94. The van der Waals surface area contributed by atoms with E-state index in [1.54, 1.807) is 18.5 Å². The first-order valence-electron chi connectivity index (χ1n) is 6.53. The van der Waals surface area contributed by atoms with Crippen LogP contribution < -0.4 is 5.32 Å². The third kappa shape index (κ3) is 3.54. The van der Waals surface area contributed by atoms with Gasteiger partial charge in [0.1, 0.15) is 0 Å². The molecule has 0 aliphatic rings. The number of rotatable bonds is 6. The van der Waals surface area contributed by atoms with Crippen molar-refractivity contribution in [1.82, 2.24) is 9.97 Å².